The van der Waals surface area contributed by atoms with Gasteiger partial charge in [-0.3, -0.25) is 19.7 Å². The molecule has 3 aromatic carbocycles. The van der Waals surface area contributed by atoms with E-state index in [0.717, 1.165) is 12.1 Å². The Bertz CT molecular complexity index is 1170. The van der Waals surface area contributed by atoms with Crippen LogP contribution >= 0.6 is 11.6 Å². The molecule has 0 saturated carbocycles. The van der Waals surface area contributed by atoms with Crippen molar-refractivity contribution < 1.29 is 18.9 Å². The van der Waals surface area contributed by atoms with Gasteiger partial charge in [0, 0.05) is 17.8 Å². The highest BCUT2D eigenvalue weighted by Crippen LogP contribution is 2.25. The number of carbonyl (C=O) groups excluding carboxylic acids is 2. The quantitative estimate of drug-likeness (QED) is 0.431. The topological polar surface area (TPSA) is 101 Å². The van der Waals surface area contributed by atoms with Gasteiger partial charge in [-0.2, -0.15) is 0 Å². The van der Waals surface area contributed by atoms with Crippen LogP contribution in [-0.4, -0.2) is 16.7 Å². The summed E-state index contributed by atoms with van der Waals surface area (Å²) in [5, 5.41) is 15.9. The summed E-state index contributed by atoms with van der Waals surface area (Å²) in [6.45, 7) is 1.72. The summed E-state index contributed by atoms with van der Waals surface area (Å²) in [7, 11) is 0. The number of benzene rings is 3. The second-order valence-corrected chi connectivity index (χ2v) is 6.74. The third-order valence-electron chi connectivity index (χ3n) is 4.28. The van der Waals surface area contributed by atoms with Gasteiger partial charge in [0.1, 0.15) is 5.82 Å². The lowest BCUT2D eigenvalue weighted by Gasteiger charge is -2.13. The summed E-state index contributed by atoms with van der Waals surface area (Å²) in [6.07, 6.45) is 0. The second-order valence-electron chi connectivity index (χ2n) is 6.33. The number of nitrogens with zero attached hydrogens (tertiary/aromatic N) is 1. The fourth-order valence-electron chi connectivity index (χ4n) is 2.70. The van der Waals surface area contributed by atoms with Crippen molar-refractivity contribution in [3.63, 3.8) is 0 Å². The monoisotopic (exact) mass is 427 g/mol. The van der Waals surface area contributed by atoms with Crippen molar-refractivity contribution in [2.75, 3.05) is 10.6 Å². The van der Waals surface area contributed by atoms with Crippen LogP contribution in [0.1, 0.15) is 26.3 Å². The molecule has 0 aliphatic carbocycles. The number of anilines is 2. The van der Waals surface area contributed by atoms with E-state index in [1.807, 2.05) is 0 Å². The predicted molar refractivity (Wildman–Crippen MR) is 112 cm³/mol. The molecule has 2 N–H and O–H groups in total. The van der Waals surface area contributed by atoms with Crippen molar-refractivity contribution in [2.24, 2.45) is 0 Å². The first-order valence-corrected chi connectivity index (χ1v) is 9.06. The van der Waals surface area contributed by atoms with E-state index in [2.05, 4.69) is 10.6 Å². The van der Waals surface area contributed by atoms with E-state index in [1.54, 1.807) is 19.1 Å². The van der Waals surface area contributed by atoms with E-state index >= 15 is 0 Å². The number of aryl methyl sites for hydroxylation is 1. The fraction of sp³-hybridized carbons (Fsp3) is 0.0476. The summed E-state index contributed by atoms with van der Waals surface area (Å²) >= 11 is 6.00. The summed E-state index contributed by atoms with van der Waals surface area (Å²) in [5.74, 6) is -1.68. The molecule has 30 heavy (non-hydrogen) atoms. The van der Waals surface area contributed by atoms with Crippen LogP contribution in [0.15, 0.2) is 60.7 Å². The molecule has 7 nitrogen and oxygen atoms in total. The molecule has 0 aliphatic heterocycles. The van der Waals surface area contributed by atoms with Crippen LogP contribution in [0.5, 0.6) is 0 Å². The molecule has 0 aliphatic rings. The van der Waals surface area contributed by atoms with Crippen LogP contribution in [0.2, 0.25) is 5.02 Å². The van der Waals surface area contributed by atoms with E-state index in [0.29, 0.717) is 11.3 Å². The second kappa shape index (κ2) is 8.71. The molecule has 152 valence electrons. The SMILES string of the molecule is Cc1ccc(F)cc1NC(=O)c1ccccc1NC(=O)c1ccc([N+](=O)[O-])cc1Cl. The Balaban J connectivity index is 1.85. The zero-order chi connectivity index (χ0) is 21.8. The van der Waals surface area contributed by atoms with Crippen LogP contribution in [0, 0.1) is 22.9 Å². The van der Waals surface area contributed by atoms with Crippen LogP contribution in [0.3, 0.4) is 0 Å². The molecule has 0 bridgehead atoms. The Morgan fingerprint density at radius 3 is 2.30 bits per heavy atom. The van der Waals surface area contributed by atoms with Crippen molar-refractivity contribution in [1.82, 2.24) is 0 Å². The van der Waals surface area contributed by atoms with Crippen LogP contribution < -0.4 is 10.6 Å². The van der Waals surface area contributed by atoms with E-state index in [4.69, 9.17) is 11.6 Å². The Morgan fingerprint density at radius 2 is 1.60 bits per heavy atom. The van der Waals surface area contributed by atoms with Gasteiger partial charge in [0.25, 0.3) is 17.5 Å². The van der Waals surface area contributed by atoms with Gasteiger partial charge in [0.05, 0.1) is 26.8 Å². The maximum absolute atomic E-state index is 13.5. The first-order chi connectivity index (χ1) is 14.3. The number of non-ortho nitro benzene ring substituents is 1. The lowest BCUT2D eigenvalue weighted by Crippen LogP contribution is -2.19. The molecular formula is C21H15ClFN3O4. The molecule has 0 aromatic heterocycles. The summed E-state index contributed by atoms with van der Waals surface area (Å²) < 4.78 is 13.5. The fourth-order valence-corrected chi connectivity index (χ4v) is 2.96. The lowest BCUT2D eigenvalue weighted by atomic mass is 10.1. The Labute approximate surface area is 175 Å². The number of amides is 2. The predicted octanol–water partition coefficient (Wildman–Crippen LogP) is 5.20. The summed E-state index contributed by atoms with van der Waals surface area (Å²) in [5.41, 5.74) is 1.08. The molecule has 0 heterocycles. The molecule has 0 radical (unpaired) electrons. The number of carbonyl (C=O) groups is 2. The number of nitrogens with one attached hydrogen (secondary N) is 2. The average molecular weight is 428 g/mol. The Kier molecular flexibility index (Phi) is 6.08. The van der Waals surface area contributed by atoms with Gasteiger partial charge in [-0.1, -0.05) is 29.8 Å². The minimum Gasteiger partial charge on any atom is -0.322 e. The number of nitro benzene ring substituents is 1. The first kappa shape index (κ1) is 20.9. The van der Waals surface area contributed by atoms with Gasteiger partial charge in [-0.05, 0) is 42.8 Å². The van der Waals surface area contributed by atoms with Crippen LogP contribution in [0.25, 0.3) is 0 Å². The highest BCUT2D eigenvalue weighted by molar-refractivity contribution is 6.34. The van der Waals surface area contributed by atoms with Gasteiger partial charge in [0.2, 0.25) is 0 Å². The van der Waals surface area contributed by atoms with Gasteiger partial charge >= 0.3 is 0 Å². The molecule has 2 amide bonds. The molecule has 0 fully saturated rings. The van der Waals surface area contributed by atoms with E-state index in [9.17, 15) is 24.1 Å². The van der Waals surface area contributed by atoms with Crippen molar-refractivity contribution in [2.45, 2.75) is 6.92 Å². The van der Waals surface area contributed by atoms with Crippen LogP contribution in [0.4, 0.5) is 21.5 Å². The van der Waals surface area contributed by atoms with Gasteiger partial charge < -0.3 is 10.6 Å². The molecule has 0 spiro atoms. The molecule has 3 aromatic rings. The number of hydrogen-bond acceptors (Lipinski definition) is 4. The minimum absolute atomic E-state index is 0.0125. The van der Waals surface area contributed by atoms with Gasteiger partial charge in [0.15, 0.2) is 0 Å². The average Bonchev–Trinajstić information content (AvgIpc) is 2.70. The smallest absolute Gasteiger partial charge is 0.270 e. The zero-order valence-corrected chi connectivity index (χ0v) is 16.4. The molecule has 0 saturated heterocycles. The number of para-hydroxylation sites is 1. The molecule has 3 rings (SSSR count). The normalized spacial score (nSPS) is 10.4. The molecule has 0 atom stereocenters. The third kappa shape index (κ3) is 4.61. The maximum Gasteiger partial charge on any atom is 0.270 e. The lowest BCUT2D eigenvalue weighted by molar-refractivity contribution is -0.384. The van der Waals surface area contributed by atoms with Crippen molar-refractivity contribution >= 4 is 40.5 Å². The molecule has 9 heteroatoms. The summed E-state index contributed by atoms with van der Waals surface area (Å²) in [4.78, 5) is 35.5. The van der Waals surface area contributed by atoms with Crippen molar-refractivity contribution in [3.8, 4) is 0 Å². The zero-order valence-electron chi connectivity index (χ0n) is 15.6. The largest absolute Gasteiger partial charge is 0.322 e. The number of rotatable bonds is 5. The number of hydrogen-bond donors (Lipinski definition) is 2. The maximum atomic E-state index is 13.5. The van der Waals surface area contributed by atoms with Gasteiger partial charge in [-0.15, -0.1) is 0 Å². The molecular weight excluding hydrogens is 413 g/mol. The standard InChI is InChI=1S/C21H15ClFN3O4/c1-12-6-7-13(23)10-19(12)25-21(28)16-4-2-3-5-18(16)24-20(27)15-9-8-14(26(29)30)11-17(15)22/h2-11H,1H3,(H,24,27)(H,25,28). The highest BCUT2D eigenvalue weighted by atomic mass is 35.5. The number of halogens is 2. The highest BCUT2D eigenvalue weighted by Gasteiger charge is 2.18. The third-order valence-corrected chi connectivity index (χ3v) is 4.59. The van der Waals surface area contributed by atoms with Gasteiger partial charge in [-0.25, -0.2) is 4.39 Å². The van der Waals surface area contributed by atoms with Crippen molar-refractivity contribution in [3.05, 3.63) is 98.3 Å². The van der Waals surface area contributed by atoms with E-state index in [-0.39, 0.29) is 27.5 Å². The van der Waals surface area contributed by atoms with E-state index < -0.39 is 22.6 Å². The number of nitro groups is 1. The van der Waals surface area contributed by atoms with Crippen LogP contribution in [-0.2, 0) is 0 Å². The van der Waals surface area contributed by atoms with Crippen molar-refractivity contribution in [1.29, 1.82) is 0 Å². The molecule has 0 unspecified atom stereocenters. The van der Waals surface area contributed by atoms with E-state index in [1.165, 1.54) is 36.4 Å². The Morgan fingerprint density at radius 1 is 0.933 bits per heavy atom. The Hall–Kier alpha value is -3.78. The summed E-state index contributed by atoms with van der Waals surface area (Å²) in [6, 6.07) is 13.7. The first-order valence-electron chi connectivity index (χ1n) is 8.68. The minimum atomic E-state index is -0.642.